The van der Waals surface area contributed by atoms with Crippen LogP contribution in [0.3, 0.4) is 0 Å². The van der Waals surface area contributed by atoms with Gasteiger partial charge < -0.3 is 10.1 Å². The van der Waals surface area contributed by atoms with Crippen LogP contribution >= 0.6 is 0 Å². The molecule has 0 aliphatic carbocycles. The molecular weight excluding hydrogens is 299 g/mol. The van der Waals surface area contributed by atoms with Gasteiger partial charge in [-0.15, -0.1) is 0 Å². The number of benzene rings is 1. The van der Waals surface area contributed by atoms with E-state index < -0.39 is 23.7 Å². The van der Waals surface area contributed by atoms with Gasteiger partial charge in [0, 0.05) is 13.3 Å². The van der Waals surface area contributed by atoms with Gasteiger partial charge >= 0.3 is 6.18 Å². The average Bonchev–Trinajstić information content (AvgIpc) is 3.00. The Kier molecular flexibility index (Phi) is 4.81. The highest BCUT2D eigenvalue weighted by Crippen LogP contribution is 2.30. The molecule has 1 amide bonds. The molecule has 118 valence electrons. The van der Waals surface area contributed by atoms with Gasteiger partial charge in [0.25, 0.3) is 5.91 Å². The third kappa shape index (κ3) is 3.85. The zero-order valence-corrected chi connectivity index (χ0v) is 11.6. The van der Waals surface area contributed by atoms with Crippen molar-refractivity contribution in [1.29, 1.82) is 0 Å². The number of methoxy groups -OCH3 is 1. The number of ether oxygens (including phenoxy) is 1. The molecule has 1 heterocycles. The fraction of sp³-hybridized carbons (Fsp3) is 0.286. The lowest BCUT2D eigenvalue weighted by Gasteiger charge is -2.19. The number of hydrogen-bond acceptors (Lipinski definition) is 3. The molecule has 8 heteroatoms. The Hall–Kier alpha value is -2.35. The van der Waals surface area contributed by atoms with Crippen molar-refractivity contribution in [2.24, 2.45) is 0 Å². The lowest BCUT2D eigenvalue weighted by molar-refractivity contribution is -0.137. The van der Waals surface area contributed by atoms with Gasteiger partial charge in [-0.3, -0.25) is 9.89 Å². The SMILES string of the molecule is COC[C@@H](NC(=O)c1ccn[nH]1)c1cccc(C(F)(F)F)c1. The molecule has 0 fully saturated rings. The number of halogens is 3. The molecular formula is C14H14F3N3O2. The van der Waals surface area contributed by atoms with Gasteiger partial charge in [0.1, 0.15) is 5.69 Å². The van der Waals surface area contributed by atoms with Gasteiger partial charge in [-0.2, -0.15) is 18.3 Å². The number of carbonyl (C=O) groups is 1. The van der Waals surface area contributed by atoms with Gasteiger partial charge in [-0.05, 0) is 23.8 Å². The first-order valence-electron chi connectivity index (χ1n) is 6.38. The molecule has 0 aliphatic heterocycles. The number of alkyl halides is 3. The van der Waals surface area contributed by atoms with E-state index in [-0.39, 0.29) is 12.3 Å². The number of H-pyrrole nitrogens is 1. The summed E-state index contributed by atoms with van der Waals surface area (Å²) in [5.74, 6) is -0.475. The molecule has 1 aromatic heterocycles. The van der Waals surface area contributed by atoms with E-state index in [1.165, 1.54) is 31.5 Å². The third-order valence-corrected chi connectivity index (χ3v) is 3.00. The summed E-state index contributed by atoms with van der Waals surface area (Å²) < 4.78 is 43.3. The predicted octanol–water partition coefficient (Wildman–Crippen LogP) is 2.55. The van der Waals surface area contributed by atoms with Crippen molar-refractivity contribution in [3.8, 4) is 0 Å². The van der Waals surface area contributed by atoms with E-state index in [1.54, 1.807) is 0 Å². The van der Waals surface area contributed by atoms with Crippen LogP contribution < -0.4 is 5.32 Å². The maximum Gasteiger partial charge on any atom is 0.416 e. The van der Waals surface area contributed by atoms with Gasteiger partial charge in [-0.25, -0.2) is 0 Å². The van der Waals surface area contributed by atoms with E-state index in [2.05, 4.69) is 15.5 Å². The van der Waals surface area contributed by atoms with E-state index in [0.29, 0.717) is 5.56 Å². The quantitative estimate of drug-likeness (QED) is 0.891. The molecule has 0 saturated heterocycles. The van der Waals surface area contributed by atoms with Crippen LogP contribution in [-0.2, 0) is 10.9 Å². The molecule has 2 rings (SSSR count). The van der Waals surface area contributed by atoms with Gasteiger partial charge in [0.15, 0.2) is 0 Å². The maximum atomic E-state index is 12.8. The zero-order chi connectivity index (χ0) is 16.2. The van der Waals surface area contributed by atoms with Gasteiger partial charge in [0.05, 0.1) is 18.2 Å². The number of amides is 1. The summed E-state index contributed by atoms with van der Waals surface area (Å²) in [5.41, 5.74) is -0.250. The fourth-order valence-electron chi connectivity index (χ4n) is 1.94. The van der Waals surface area contributed by atoms with Crippen molar-refractivity contribution in [1.82, 2.24) is 15.5 Å². The first-order valence-corrected chi connectivity index (χ1v) is 6.38. The minimum atomic E-state index is -4.44. The molecule has 22 heavy (non-hydrogen) atoms. The second-order valence-corrected chi connectivity index (χ2v) is 4.57. The van der Waals surface area contributed by atoms with Gasteiger partial charge in [-0.1, -0.05) is 12.1 Å². The molecule has 2 N–H and O–H groups in total. The predicted molar refractivity (Wildman–Crippen MR) is 72.1 cm³/mol. The number of hydrogen-bond donors (Lipinski definition) is 2. The van der Waals surface area contributed by atoms with E-state index in [4.69, 9.17) is 4.74 Å². The molecule has 0 radical (unpaired) electrons. The Bertz CT molecular complexity index is 627. The Morgan fingerprint density at radius 1 is 1.41 bits per heavy atom. The second kappa shape index (κ2) is 6.61. The lowest BCUT2D eigenvalue weighted by Crippen LogP contribution is -2.31. The van der Waals surface area contributed by atoms with E-state index >= 15 is 0 Å². The van der Waals surface area contributed by atoms with Crippen molar-refractivity contribution in [2.75, 3.05) is 13.7 Å². The van der Waals surface area contributed by atoms with Crippen molar-refractivity contribution < 1.29 is 22.7 Å². The van der Waals surface area contributed by atoms with Gasteiger partial charge in [0.2, 0.25) is 0 Å². The van der Waals surface area contributed by atoms with Crippen LogP contribution in [0, 0.1) is 0 Å². The molecule has 0 aliphatic rings. The number of carbonyl (C=O) groups excluding carboxylic acids is 1. The van der Waals surface area contributed by atoms with Crippen LogP contribution in [0.1, 0.15) is 27.7 Å². The zero-order valence-electron chi connectivity index (χ0n) is 11.6. The highest BCUT2D eigenvalue weighted by molar-refractivity contribution is 5.92. The topological polar surface area (TPSA) is 67.0 Å². The molecule has 0 bridgehead atoms. The average molecular weight is 313 g/mol. The first kappa shape index (κ1) is 16.0. The summed E-state index contributed by atoms with van der Waals surface area (Å²) in [4.78, 5) is 12.0. The van der Waals surface area contributed by atoms with Crippen molar-refractivity contribution in [3.05, 3.63) is 53.3 Å². The molecule has 2 aromatic rings. The Morgan fingerprint density at radius 2 is 2.18 bits per heavy atom. The number of aromatic nitrogens is 2. The van der Waals surface area contributed by atoms with E-state index in [9.17, 15) is 18.0 Å². The van der Waals surface area contributed by atoms with Crippen LogP contribution in [0.25, 0.3) is 0 Å². The number of rotatable bonds is 5. The van der Waals surface area contributed by atoms with Crippen LogP contribution in [-0.4, -0.2) is 29.8 Å². The summed E-state index contributed by atoms with van der Waals surface area (Å²) in [6, 6.07) is 5.53. The number of nitrogens with zero attached hydrogens (tertiary/aromatic N) is 1. The lowest BCUT2D eigenvalue weighted by atomic mass is 10.0. The second-order valence-electron chi connectivity index (χ2n) is 4.57. The molecule has 1 aromatic carbocycles. The van der Waals surface area contributed by atoms with Crippen molar-refractivity contribution >= 4 is 5.91 Å². The summed E-state index contributed by atoms with van der Waals surface area (Å²) >= 11 is 0. The summed E-state index contributed by atoms with van der Waals surface area (Å²) in [7, 11) is 1.41. The highest BCUT2D eigenvalue weighted by atomic mass is 19.4. The summed E-state index contributed by atoms with van der Waals surface area (Å²) in [6.07, 6.45) is -3.04. The van der Waals surface area contributed by atoms with Crippen LogP contribution in [0.4, 0.5) is 13.2 Å². The highest BCUT2D eigenvalue weighted by Gasteiger charge is 2.31. The minimum absolute atomic E-state index is 0.0428. The fourth-order valence-corrected chi connectivity index (χ4v) is 1.94. The normalized spacial score (nSPS) is 12.9. The van der Waals surface area contributed by atoms with E-state index in [1.807, 2.05) is 0 Å². The Balaban J connectivity index is 2.22. The monoisotopic (exact) mass is 313 g/mol. The van der Waals surface area contributed by atoms with Crippen LogP contribution in [0.15, 0.2) is 36.5 Å². The molecule has 0 saturated carbocycles. The smallest absolute Gasteiger partial charge is 0.382 e. The third-order valence-electron chi connectivity index (χ3n) is 3.00. The molecule has 1 atom stereocenters. The number of aromatic amines is 1. The Morgan fingerprint density at radius 3 is 2.77 bits per heavy atom. The molecule has 0 spiro atoms. The van der Waals surface area contributed by atoms with Crippen LogP contribution in [0.2, 0.25) is 0 Å². The van der Waals surface area contributed by atoms with E-state index in [0.717, 1.165) is 12.1 Å². The maximum absolute atomic E-state index is 12.8. The minimum Gasteiger partial charge on any atom is -0.382 e. The molecule has 0 unspecified atom stereocenters. The standard InChI is InChI=1S/C14H14F3N3O2/c1-22-8-12(19-13(21)11-5-6-18-20-11)9-3-2-4-10(7-9)14(15,16)17/h2-7,12H,8H2,1H3,(H,18,20)(H,19,21)/t12-/m1/s1. The summed E-state index contributed by atoms with van der Waals surface area (Å²) in [5, 5.41) is 8.75. The summed E-state index contributed by atoms with van der Waals surface area (Å²) in [6.45, 7) is 0.0428. The first-order chi connectivity index (χ1) is 10.4. The molecule has 5 nitrogen and oxygen atoms in total. The van der Waals surface area contributed by atoms with Crippen molar-refractivity contribution in [3.63, 3.8) is 0 Å². The van der Waals surface area contributed by atoms with Crippen LogP contribution in [0.5, 0.6) is 0 Å². The Labute approximate surface area is 124 Å². The van der Waals surface area contributed by atoms with Crippen molar-refractivity contribution in [2.45, 2.75) is 12.2 Å². The number of nitrogens with one attached hydrogen (secondary N) is 2. The largest absolute Gasteiger partial charge is 0.416 e.